The first-order chi connectivity index (χ1) is 9.76. The van der Waals surface area contributed by atoms with Gasteiger partial charge in [0.1, 0.15) is 0 Å². The van der Waals surface area contributed by atoms with Crippen molar-refractivity contribution in [1.29, 1.82) is 0 Å². The minimum Gasteiger partial charge on any atom is -0.383 e. The molecule has 2 atom stereocenters. The van der Waals surface area contributed by atoms with Crippen molar-refractivity contribution in [2.24, 2.45) is 10.4 Å². The van der Waals surface area contributed by atoms with E-state index < -0.39 is 0 Å². The van der Waals surface area contributed by atoms with Gasteiger partial charge in [0.25, 0.3) is 0 Å². The van der Waals surface area contributed by atoms with Crippen molar-refractivity contribution >= 4 is 29.9 Å². The van der Waals surface area contributed by atoms with Gasteiger partial charge in [0.05, 0.1) is 19.3 Å². The highest BCUT2D eigenvalue weighted by Gasteiger charge is 2.59. The average molecular weight is 411 g/mol. The highest BCUT2D eigenvalue weighted by molar-refractivity contribution is 14.0. The Bertz CT molecular complexity index is 335. The molecule has 21 heavy (non-hydrogen) atoms. The number of methoxy groups -OCH3 is 1. The summed E-state index contributed by atoms with van der Waals surface area (Å²) < 4.78 is 10.9. The molecule has 1 spiro atoms. The number of rotatable bonds is 7. The van der Waals surface area contributed by atoms with Gasteiger partial charge in [-0.25, -0.2) is 0 Å². The molecule has 124 valence electrons. The fourth-order valence-electron chi connectivity index (χ4n) is 3.37. The van der Waals surface area contributed by atoms with E-state index >= 15 is 0 Å². The van der Waals surface area contributed by atoms with E-state index in [0.717, 1.165) is 25.5 Å². The Kier molecular flexibility index (Phi) is 8.26. The first kappa shape index (κ1) is 19.0. The van der Waals surface area contributed by atoms with Crippen LogP contribution in [-0.2, 0) is 9.47 Å². The van der Waals surface area contributed by atoms with Crippen molar-refractivity contribution in [3.8, 4) is 0 Å². The average Bonchev–Trinajstić information content (AvgIpc) is 2.35. The first-order valence-corrected chi connectivity index (χ1v) is 7.92. The van der Waals surface area contributed by atoms with Gasteiger partial charge in [-0.2, -0.15) is 0 Å². The van der Waals surface area contributed by atoms with Crippen molar-refractivity contribution in [3.63, 3.8) is 0 Å². The molecule has 2 aliphatic carbocycles. The molecule has 0 aromatic rings. The molecule has 0 heterocycles. The molecule has 5 nitrogen and oxygen atoms in total. The van der Waals surface area contributed by atoms with Gasteiger partial charge < -0.3 is 20.1 Å². The number of ether oxygens (including phenoxy) is 2. The van der Waals surface area contributed by atoms with E-state index in [-0.39, 0.29) is 24.0 Å². The maximum absolute atomic E-state index is 5.89. The Morgan fingerprint density at radius 2 is 2.10 bits per heavy atom. The van der Waals surface area contributed by atoms with E-state index in [1.54, 1.807) is 7.11 Å². The lowest BCUT2D eigenvalue weighted by atomic mass is 9.51. The number of halogens is 1. The van der Waals surface area contributed by atoms with Crippen molar-refractivity contribution in [1.82, 2.24) is 10.6 Å². The van der Waals surface area contributed by atoms with Gasteiger partial charge in [0.15, 0.2) is 5.96 Å². The van der Waals surface area contributed by atoms with Gasteiger partial charge in [-0.1, -0.05) is 6.42 Å². The van der Waals surface area contributed by atoms with Crippen LogP contribution < -0.4 is 10.6 Å². The highest BCUT2D eigenvalue weighted by Crippen LogP contribution is 2.57. The van der Waals surface area contributed by atoms with Crippen molar-refractivity contribution in [3.05, 3.63) is 0 Å². The summed E-state index contributed by atoms with van der Waals surface area (Å²) in [4.78, 5) is 4.55. The minimum atomic E-state index is 0. The zero-order valence-corrected chi connectivity index (χ0v) is 15.8. The van der Waals surface area contributed by atoms with E-state index in [9.17, 15) is 0 Å². The third-order valence-electron chi connectivity index (χ3n) is 4.66. The summed E-state index contributed by atoms with van der Waals surface area (Å²) in [5.74, 6) is 0.913. The van der Waals surface area contributed by atoms with Gasteiger partial charge in [0.2, 0.25) is 0 Å². The van der Waals surface area contributed by atoms with Crippen LogP contribution in [0.2, 0.25) is 0 Å². The number of nitrogens with zero attached hydrogens (tertiary/aromatic N) is 1. The lowest BCUT2D eigenvalue weighted by molar-refractivity contribution is -0.168. The number of hydrogen-bond donors (Lipinski definition) is 2. The fourth-order valence-corrected chi connectivity index (χ4v) is 3.37. The normalized spacial score (nSPS) is 26.5. The summed E-state index contributed by atoms with van der Waals surface area (Å²) in [6.45, 7) is 7.24. The van der Waals surface area contributed by atoms with Crippen molar-refractivity contribution in [2.75, 3.05) is 33.4 Å². The molecular weight excluding hydrogens is 381 g/mol. The first-order valence-electron chi connectivity index (χ1n) is 7.92. The van der Waals surface area contributed by atoms with E-state index in [4.69, 9.17) is 9.47 Å². The van der Waals surface area contributed by atoms with Crippen LogP contribution in [0.25, 0.3) is 0 Å². The maximum Gasteiger partial charge on any atom is 0.191 e. The SMILES string of the molecule is CCNC(=NCCOC)NC1CC(OCC)C12CCC2.I. The third kappa shape index (κ3) is 4.22. The number of hydrogen-bond acceptors (Lipinski definition) is 3. The number of aliphatic imine (C=N–C) groups is 1. The van der Waals surface area contributed by atoms with E-state index in [0.29, 0.717) is 30.7 Å². The summed E-state index contributed by atoms with van der Waals surface area (Å²) in [6.07, 6.45) is 5.45. The molecule has 2 aliphatic rings. The predicted octanol–water partition coefficient (Wildman–Crippen LogP) is 2.15. The Labute approximate surface area is 145 Å². The molecule has 2 N–H and O–H groups in total. The Morgan fingerprint density at radius 3 is 2.62 bits per heavy atom. The molecular formula is C15H30IN3O2. The highest BCUT2D eigenvalue weighted by atomic mass is 127. The van der Waals surface area contributed by atoms with Gasteiger partial charge in [-0.15, -0.1) is 24.0 Å². The molecule has 0 aliphatic heterocycles. The quantitative estimate of drug-likeness (QED) is 0.292. The summed E-state index contributed by atoms with van der Waals surface area (Å²) in [5, 5.41) is 6.91. The molecule has 2 fully saturated rings. The fraction of sp³-hybridized carbons (Fsp3) is 0.933. The summed E-state index contributed by atoms with van der Waals surface area (Å²) in [6, 6.07) is 0.508. The molecule has 0 bridgehead atoms. The molecule has 2 saturated carbocycles. The standard InChI is InChI=1S/C15H29N3O2.HI/c1-4-16-14(17-9-10-19-3)18-12-11-13(20-5-2)15(12)7-6-8-15;/h12-13H,4-11H2,1-3H3,(H2,16,17,18);1H. The summed E-state index contributed by atoms with van der Waals surface area (Å²) in [7, 11) is 1.71. The molecule has 0 saturated heterocycles. The smallest absolute Gasteiger partial charge is 0.191 e. The Hall–Kier alpha value is -0.0800. The molecule has 2 unspecified atom stereocenters. The monoisotopic (exact) mass is 411 g/mol. The van der Waals surface area contributed by atoms with Gasteiger partial charge >= 0.3 is 0 Å². The van der Waals surface area contributed by atoms with Crippen molar-refractivity contribution in [2.45, 2.75) is 51.7 Å². The van der Waals surface area contributed by atoms with E-state index in [1.165, 1.54) is 19.3 Å². The van der Waals surface area contributed by atoms with Crippen LogP contribution in [0, 0.1) is 5.41 Å². The van der Waals surface area contributed by atoms with Crippen LogP contribution in [-0.4, -0.2) is 51.5 Å². The lowest BCUT2D eigenvalue weighted by Crippen LogP contribution is -2.68. The zero-order chi connectivity index (χ0) is 14.4. The summed E-state index contributed by atoms with van der Waals surface area (Å²) >= 11 is 0. The van der Waals surface area contributed by atoms with Gasteiger partial charge in [0, 0.05) is 31.7 Å². The Morgan fingerprint density at radius 1 is 1.33 bits per heavy atom. The molecule has 6 heteroatoms. The molecule has 0 radical (unpaired) electrons. The van der Waals surface area contributed by atoms with Crippen LogP contribution in [0.3, 0.4) is 0 Å². The van der Waals surface area contributed by atoms with E-state index in [2.05, 4.69) is 29.5 Å². The zero-order valence-electron chi connectivity index (χ0n) is 13.5. The molecule has 0 amide bonds. The van der Waals surface area contributed by atoms with Crippen LogP contribution in [0.4, 0.5) is 0 Å². The second kappa shape index (κ2) is 9.15. The Balaban J connectivity index is 0.00000220. The topological polar surface area (TPSA) is 54.9 Å². The molecule has 0 aromatic carbocycles. The van der Waals surface area contributed by atoms with Crippen LogP contribution in [0.15, 0.2) is 4.99 Å². The number of guanidine groups is 1. The lowest BCUT2D eigenvalue weighted by Gasteiger charge is -2.61. The van der Waals surface area contributed by atoms with E-state index in [1.807, 2.05) is 0 Å². The van der Waals surface area contributed by atoms with Gasteiger partial charge in [-0.3, -0.25) is 4.99 Å². The minimum absolute atomic E-state index is 0. The van der Waals surface area contributed by atoms with Gasteiger partial charge in [-0.05, 0) is 33.1 Å². The predicted molar refractivity (Wildman–Crippen MR) is 96.5 cm³/mol. The van der Waals surface area contributed by atoms with Crippen LogP contribution in [0.1, 0.15) is 39.5 Å². The molecule has 2 rings (SSSR count). The number of nitrogens with one attached hydrogen (secondary N) is 2. The van der Waals surface area contributed by atoms with Crippen molar-refractivity contribution < 1.29 is 9.47 Å². The van der Waals surface area contributed by atoms with Crippen LogP contribution >= 0.6 is 24.0 Å². The second-order valence-corrected chi connectivity index (χ2v) is 5.72. The third-order valence-corrected chi connectivity index (χ3v) is 4.66. The molecule has 0 aromatic heterocycles. The maximum atomic E-state index is 5.89. The summed E-state index contributed by atoms with van der Waals surface area (Å²) in [5.41, 5.74) is 0.369. The largest absolute Gasteiger partial charge is 0.383 e. The van der Waals surface area contributed by atoms with Crippen LogP contribution in [0.5, 0.6) is 0 Å². The second-order valence-electron chi connectivity index (χ2n) is 5.72.